The van der Waals surface area contributed by atoms with Gasteiger partial charge in [-0.2, -0.15) is 0 Å². The highest BCUT2D eigenvalue weighted by atomic mass is 79.9. The van der Waals surface area contributed by atoms with Gasteiger partial charge in [0.15, 0.2) is 0 Å². The second-order valence-corrected chi connectivity index (χ2v) is 8.17. The van der Waals surface area contributed by atoms with Crippen molar-refractivity contribution in [1.29, 1.82) is 0 Å². The van der Waals surface area contributed by atoms with Crippen molar-refractivity contribution >= 4 is 44.1 Å². The molecule has 1 aromatic heterocycles. The SMILES string of the molecule is CCOC(=O)c1c(NC(=O)c2ccccc2Br)sc2c1CC[C@H](C)C2. The number of hydrogen-bond acceptors (Lipinski definition) is 4. The quantitative estimate of drug-likeness (QED) is 0.701. The third kappa shape index (κ3) is 3.80. The van der Waals surface area contributed by atoms with Crippen LogP contribution in [0.4, 0.5) is 5.00 Å². The minimum Gasteiger partial charge on any atom is -0.462 e. The maximum absolute atomic E-state index is 12.7. The lowest BCUT2D eigenvalue weighted by Gasteiger charge is -2.18. The highest BCUT2D eigenvalue weighted by molar-refractivity contribution is 9.10. The third-order valence-electron chi connectivity index (χ3n) is 4.34. The van der Waals surface area contributed by atoms with Crippen molar-refractivity contribution in [2.45, 2.75) is 33.1 Å². The molecule has 1 heterocycles. The first-order valence-corrected chi connectivity index (χ1v) is 9.99. The van der Waals surface area contributed by atoms with E-state index in [4.69, 9.17) is 4.74 Å². The molecule has 0 saturated carbocycles. The first-order chi connectivity index (χ1) is 12.0. The molecule has 0 fully saturated rings. The van der Waals surface area contributed by atoms with Crippen LogP contribution in [0.15, 0.2) is 28.7 Å². The van der Waals surface area contributed by atoms with Crippen LogP contribution in [-0.2, 0) is 17.6 Å². The van der Waals surface area contributed by atoms with Gasteiger partial charge in [0.25, 0.3) is 5.91 Å². The van der Waals surface area contributed by atoms with Crippen LogP contribution in [-0.4, -0.2) is 18.5 Å². The van der Waals surface area contributed by atoms with E-state index in [-0.39, 0.29) is 11.9 Å². The van der Waals surface area contributed by atoms with Gasteiger partial charge in [-0.05, 0) is 65.7 Å². The number of fused-ring (bicyclic) bond motifs is 1. The molecule has 1 aliphatic carbocycles. The Morgan fingerprint density at radius 2 is 2.12 bits per heavy atom. The van der Waals surface area contributed by atoms with Crippen molar-refractivity contribution in [3.05, 3.63) is 50.3 Å². The molecule has 1 amide bonds. The van der Waals surface area contributed by atoms with Gasteiger partial charge < -0.3 is 10.1 Å². The topological polar surface area (TPSA) is 55.4 Å². The number of thiophene rings is 1. The molecule has 0 saturated heterocycles. The second-order valence-electron chi connectivity index (χ2n) is 6.21. The van der Waals surface area contributed by atoms with Crippen molar-refractivity contribution in [2.75, 3.05) is 11.9 Å². The van der Waals surface area contributed by atoms with Crippen LogP contribution in [0.3, 0.4) is 0 Å². The van der Waals surface area contributed by atoms with Crippen LogP contribution in [0, 0.1) is 5.92 Å². The molecule has 3 rings (SSSR count). The zero-order valence-electron chi connectivity index (χ0n) is 14.2. The molecule has 132 valence electrons. The van der Waals surface area contributed by atoms with Crippen LogP contribution in [0.1, 0.15) is 51.4 Å². The fourth-order valence-electron chi connectivity index (χ4n) is 3.07. The van der Waals surface area contributed by atoms with Gasteiger partial charge in [0.1, 0.15) is 5.00 Å². The van der Waals surface area contributed by atoms with Crippen molar-refractivity contribution in [3.63, 3.8) is 0 Å². The van der Waals surface area contributed by atoms with E-state index in [1.807, 2.05) is 18.2 Å². The molecule has 0 spiro atoms. The summed E-state index contributed by atoms with van der Waals surface area (Å²) in [6.45, 7) is 4.32. The molecule has 2 aromatic rings. The molecule has 1 N–H and O–H groups in total. The zero-order chi connectivity index (χ0) is 18.0. The number of ether oxygens (including phenoxy) is 1. The minimum atomic E-state index is -0.350. The Bertz CT molecular complexity index is 815. The largest absolute Gasteiger partial charge is 0.462 e. The number of benzene rings is 1. The van der Waals surface area contributed by atoms with Crippen molar-refractivity contribution in [2.24, 2.45) is 5.92 Å². The number of esters is 1. The molecule has 1 aliphatic rings. The number of carbonyl (C=O) groups excluding carboxylic acids is 2. The predicted octanol–water partition coefficient (Wildman–Crippen LogP) is 5.06. The van der Waals surface area contributed by atoms with Crippen LogP contribution in [0.2, 0.25) is 0 Å². The summed E-state index contributed by atoms with van der Waals surface area (Å²) in [5, 5.41) is 3.52. The number of rotatable bonds is 4. The number of anilines is 1. The lowest BCUT2D eigenvalue weighted by molar-refractivity contribution is 0.0526. The number of amides is 1. The molecule has 1 aromatic carbocycles. The Hall–Kier alpha value is -1.66. The number of nitrogens with one attached hydrogen (secondary N) is 1. The maximum Gasteiger partial charge on any atom is 0.341 e. The lowest BCUT2D eigenvalue weighted by Crippen LogP contribution is -2.17. The first-order valence-electron chi connectivity index (χ1n) is 8.38. The molecule has 25 heavy (non-hydrogen) atoms. The Labute approximate surface area is 159 Å². The molecule has 0 bridgehead atoms. The summed E-state index contributed by atoms with van der Waals surface area (Å²) in [7, 11) is 0. The zero-order valence-corrected chi connectivity index (χ0v) is 16.6. The Kier molecular flexibility index (Phi) is 5.59. The van der Waals surface area contributed by atoms with Gasteiger partial charge in [-0.3, -0.25) is 4.79 Å². The summed E-state index contributed by atoms with van der Waals surface area (Å²) < 4.78 is 5.96. The van der Waals surface area contributed by atoms with E-state index < -0.39 is 0 Å². The van der Waals surface area contributed by atoms with E-state index in [2.05, 4.69) is 28.2 Å². The summed E-state index contributed by atoms with van der Waals surface area (Å²) in [6.07, 6.45) is 2.84. The van der Waals surface area contributed by atoms with Crippen LogP contribution in [0.5, 0.6) is 0 Å². The Morgan fingerprint density at radius 1 is 1.36 bits per heavy atom. The summed E-state index contributed by atoms with van der Waals surface area (Å²) >= 11 is 4.90. The Balaban J connectivity index is 1.96. The molecular weight excluding hydrogens is 402 g/mol. The number of hydrogen-bond donors (Lipinski definition) is 1. The summed E-state index contributed by atoms with van der Waals surface area (Å²) in [5.41, 5.74) is 2.12. The Morgan fingerprint density at radius 3 is 2.84 bits per heavy atom. The van der Waals surface area contributed by atoms with Gasteiger partial charge in [-0.15, -0.1) is 11.3 Å². The van der Waals surface area contributed by atoms with E-state index in [9.17, 15) is 9.59 Å². The average Bonchev–Trinajstić information content (AvgIpc) is 2.92. The maximum atomic E-state index is 12.7. The lowest BCUT2D eigenvalue weighted by atomic mass is 9.88. The van der Waals surface area contributed by atoms with Crippen molar-refractivity contribution < 1.29 is 14.3 Å². The minimum absolute atomic E-state index is 0.232. The van der Waals surface area contributed by atoms with Crippen LogP contribution < -0.4 is 5.32 Å². The summed E-state index contributed by atoms with van der Waals surface area (Å²) in [5.74, 6) is 0.00895. The molecular formula is C19H20BrNO3S. The monoisotopic (exact) mass is 421 g/mol. The molecule has 1 atom stereocenters. The van der Waals surface area contributed by atoms with Gasteiger partial charge in [0.05, 0.1) is 17.7 Å². The van der Waals surface area contributed by atoms with E-state index in [0.29, 0.717) is 28.7 Å². The average molecular weight is 422 g/mol. The van der Waals surface area contributed by atoms with E-state index in [1.54, 1.807) is 13.0 Å². The van der Waals surface area contributed by atoms with E-state index in [1.165, 1.54) is 16.2 Å². The fourth-order valence-corrected chi connectivity index (χ4v) is 4.93. The van der Waals surface area contributed by atoms with Gasteiger partial charge in [0.2, 0.25) is 0 Å². The molecule has 0 aliphatic heterocycles. The third-order valence-corrected chi connectivity index (χ3v) is 6.20. The number of halogens is 1. The van der Waals surface area contributed by atoms with Crippen LogP contribution >= 0.6 is 27.3 Å². The van der Waals surface area contributed by atoms with Crippen molar-refractivity contribution in [3.8, 4) is 0 Å². The first kappa shape index (κ1) is 18.1. The van der Waals surface area contributed by atoms with E-state index in [0.717, 1.165) is 29.3 Å². The molecule has 0 unspecified atom stereocenters. The summed E-state index contributed by atoms with van der Waals surface area (Å²) in [4.78, 5) is 26.3. The van der Waals surface area contributed by atoms with E-state index >= 15 is 0 Å². The van der Waals surface area contributed by atoms with Crippen molar-refractivity contribution in [1.82, 2.24) is 0 Å². The van der Waals surface area contributed by atoms with Crippen LogP contribution in [0.25, 0.3) is 0 Å². The predicted molar refractivity (Wildman–Crippen MR) is 104 cm³/mol. The highest BCUT2D eigenvalue weighted by Gasteiger charge is 2.29. The standard InChI is InChI=1S/C19H20BrNO3S/c1-3-24-19(23)16-13-9-8-11(2)10-15(13)25-18(16)21-17(22)12-6-4-5-7-14(12)20/h4-7,11H,3,8-10H2,1-2H3,(H,21,22)/t11-/m0/s1. The molecule has 4 nitrogen and oxygen atoms in total. The smallest absolute Gasteiger partial charge is 0.341 e. The van der Waals surface area contributed by atoms with Gasteiger partial charge in [0, 0.05) is 9.35 Å². The van der Waals surface area contributed by atoms with Gasteiger partial charge in [-0.25, -0.2) is 4.79 Å². The molecule has 6 heteroatoms. The van der Waals surface area contributed by atoms with Gasteiger partial charge in [-0.1, -0.05) is 19.1 Å². The second kappa shape index (κ2) is 7.70. The van der Waals surface area contributed by atoms with Gasteiger partial charge >= 0.3 is 5.97 Å². The highest BCUT2D eigenvalue weighted by Crippen LogP contribution is 2.40. The molecule has 0 radical (unpaired) electrons. The normalized spacial score (nSPS) is 16.2. The number of carbonyl (C=O) groups is 2. The fraction of sp³-hybridized carbons (Fsp3) is 0.368. The summed E-state index contributed by atoms with van der Waals surface area (Å²) in [6, 6.07) is 7.24.